The Hall–Kier alpha value is -0.0400. The van der Waals surface area contributed by atoms with E-state index >= 15 is 0 Å². The van der Waals surface area contributed by atoms with E-state index in [1.807, 2.05) is 0 Å². The Bertz CT molecular complexity index is 156. The number of aliphatic hydroxyl groups is 1. The second-order valence-electron chi connectivity index (χ2n) is 6.12. The van der Waals surface area contributed by atoms with Crippen molar-refractivity contribution in [2.75, 3.05) is 0 Å². The van der Waals surface area contributed by atoms with Gasteiger partial charge in [0.1, 0.15) is 0 Å². The lowest BCUT2D eigenvalue weighted by Gasteiger charge is -2.10. The smallest absolute Gasteiger partial charge is 0.0540 e. The Morgan fingerprint density at radius 2 is 1.11 bits per heavy atom. The third-order valence-electron chi connectivity index (χ3n) is 4.03. The van der Waals surface area contributed by atoms with Crippen molar-refractivity contribution in [3.63, 3.8) is 0 Å². The summed E-state index contributed by atoms with van der Waals surface area (Å²) in [6, 6.07) is 0. The molecule has 0 radical (unpaired) electrons. The van der Waals surface area contributed by atoms with E-state index in [0.29, 0.717) is 0 Å². The van der Waals surface area contributed by atoms with Gasteiger partial charge in [0, 0.05) is 0 Å². The molecule has 1 unspecified atom stereocenters. The molecule has 0 saturated heterocycles. The van der Waals surface area contributed by atoms with Crippen molar-refractivity contribution in [1.29, 1.82) is 0 Å². The van der Waals surface area contributed by atoms with E-state index in [0.717, 1.165) is 12.8 Å². The van der Waals surface area contributed by atoms with Crippen LogP contribution in [0, 0.1) is 0 Å². The first-order chi connectivity index (χ1) is 9.31. The van der Waals surface area contributed by atoms with Crippen LogP contribution < -0.4 is 0 Å². The Labute approximate surface area is 122 Å². The van der Waals surface area contributed by atoms with Crippen LogP contribution in [0.1, 0.15) is 110 Å². The molecule has 0 saturated carbocycles. The fraction of sp³-hybridized carbons (Fsp3) is 1.00. The van der Waals surface area contributed by atoms with E-state index < -0.39 is 0 Å². The zero-order valence-corrected chi connectivity index (χ0v) is 13.6. The maximum Gasteiger partial charge on any atom is 0.0540 e. The molecular formula is C18H38O. The molecule has 0 heterocycles. The third kappa shape index (κ3) is 15.9. The molecule has 0 aliphatic heterocycles. The first-order valence-corrected chi connectivity index (χ1v) is 8.99. The molecule has 0 aromatic heterocycles. The van der Waals surface area contributed by atoms with Gasteiger partial charge in [-0.1, -0.05) is 97.3 Å². The molecule has 116 valence electrons. The van der Waals surface area contributed by atoms with Crippen LogP contribution >= 0.6 is 0 Å². The van der Waals surface area contributed by atoms with Gasteiger partial charge >= 0.3 is 0 Å². The van der Waals surface area contributed by atoms with Crippen LogP contribution in [0.5, 0.6) is 0 Å². The summed E-state index contributed by atoms with van der Waals surface area (Å²) in [5.74, 6) is 0. The normalized spacial score (nSPS) is 12.8. The SMILES string of the molecule is CCCCCCCCCCCC(O)CCCCC[14CH3]. The van der Waals surface area contributed by atoms with Gasteiger partial charge in [0.2, 0.25) is 0 Å². The molecule has 0 aliphatic carbocycles. The Balaban J connectivity index is 3.07. The molecule has 0 rings (SSSR count). The summed E-state index contributed by atoms with van der Waals surface area (Å²) in [7, 11) is 0. The third-order valence-corrected chi connectivity index (χ3v) is 4.03. The highest BCUT2D eigenvalue weighted by Gasteiger charge is 2.03. The van der Waals surface area contributed by atoms with Crippen molar-refractivity contribution < 1.29 is 5.11 Å². The first kappa shape index (κ1) is 19.0. The minimum atomic E-state index is -0.0265. The first-order valence-electron chi connectivity index (χ1n) is 8.99. The van der Waals surface area contributed by atoms with Crippen LogP contribution in [0.3, 0.4) is 0 Å². The van der Waals surface area contributed by atoms with Gasteiger partial charge in [0.15, 0.2) is 0 Å². The van der Waals surface area contributed by atoms with E-state index in [4.69, 9.17) is 0 Å². The summed E-state index contributed by atoms with van der Waals surface area (Å²) in [4.78, 5) is 0. The molecule has 0 bridgehead atoms. The Morgan fingerprint density at radius 3 is 1.58 bits per heavy atom. The van der Waals surface area contributed by atoms with Crippen LogP contribution in [0.2, 0.25) is 0 Å². The van der Waals surface area contributed by atoms with Crippen LogP contribution in [0.4, 0.5) is 0 Å². The highest BCUT2D eigenvalue weighted by Crippen LogP contribution is 2.14. The standard InChI is InChI=1S/C18H38O/c1-3-5-7-9-10-11-12-13-15-17-18(19)16-14-8-6-4-2/h18-19H,3-17H2,1-2H3/i2+2. The molecule has 0 amide bonds. The van der Waals surface area contributed by atoms with Crippen molar-refractivity contribution in [3.05, 3.63) is 0 Å². The van der Waals surface area contributed by atoms with Crippen molar-refractivity contribution in [2.24, 2.45) is 0 Å². The van der Waals surface area contributed by atoms with Crippen LogP contribution in [0.15, 0.2) is 0 Å². The van der Waals surface area contributed by atoms with Gasteiger partial charge in [-0.15, -0.1) is 0 Å². The summed E-state index contributed by atoms with van der Waals surface area (Å²) >= 11 is 0. The molecule has 0 aromatic carbocycles. The second-order valence-corrected chi connectivity index (χ2v) is 6.12. The lowest BCUT2D eigenvalue weighted by Crippen LogP contribution is -2.05. The van der Waals surface area contributed by atoms with E-state index in [9.17, 15) is 5.11 Å². The molecule has 1 heteroatoms. The Kier molecular flexibility index (Phi) is 16.0. The van der Waals surface area contributed by atoms with Gasteiger partial charge in [-0.05, 0) is 12.8 Å². The van der Waals surface area contributed by atoms with Crippen LogP contribution in [-0.2, 0) is 0 Å². The summed E-state index contributed by atoms with van der Waals surface area (Å²) in [5.41, 5.74) is 0. The molecular weight excluding hydrogens is 234 g/mol. The van der Waals surface area contributed by atoms with Crippen molar-refractivity contribution in [1.82, 2.24) is 0 Å². The van der Waals surface area contributed by atoms with Crippen LogP contribution in [0.25, 0.3) is 0 Å². The fourth-order valence-electron chi connectivity index (χ4n) is 2.64. The minimum absolute atomic E-state index is 0.0265. The van der Waals surface area contributed by atoms with Gasteiger partial charge in [0.25, 0.3) is 0 Å². The molecule has 1 nitrogen and oxygen atoms in total. The summed E-state index contributed by atoms with van der Waals surface area (Å²) < 4.78 is 0. The molecule has 19 heavy (non-hydrogen) atoms. The number of hydrogen-bond acceptors (Lipinski definition) is 1. The van der Waals surface area contributed by atoms with Gasteiger partial charge in [-0.25, -0.2) is 0 Å². The molecule has 0 fully saturated rings. The van der Waals surface area contributed by atoms with Crippen LogP contribution in [-0.4, -0.2) is 11.2 Å². The average Bonchev–Trinajstić information content (AvgIpc) is 2.42. The monoisotopic (exact) mass is 272 g/mol. The van der Waals surface area contributed by atoms with Gasteiger partial charge in [0.05, 0.1) is 6.10 Å². The summed E-state index contributed by atoms with van der Waals surface area (Å²) in [5, 5.41) is 9.85. The lowest BCUT2D eigenvalue weighted by molar-refractivity contribution is 0.147. The number of aliphatic hydroxyl groups excluding tert-OH is 1. The van der Waals surface area contributed by atoms with Crippen molar-refractivity contribution in [2.45, 2.75) is 116 Å². The quantitative estimate of drug-likeness (QED) is 0.350. The maximum atomic E-state index is 9.85. The zero-order chi connectivity index (χ0) is 14.2. The van der Waals surface area contributed by atoms with Crippen molar-refractivity contribution in [3.8, 4) is 0 Å². The molecule has 0 aromatic rings. The summed E-state index contributed by atoms with van der Waals surface area (Å²) in [6.45, 7) is 4.51. The fourth-order valence-corrected chi connectivity index (χ4v) is 2.64. The molecule has 0 spiro atoms. The highest BCUT2D eigenvalue weighted by atomic mass is 16.3. The predicted molar refractivity (Wildman–Crippen MR) is 86.6 cm³/mol. The topological polar surface area (TPSA) is 20.2 Å². The van der Waals surface area contributed by atoms with Crippen molar-refractivity contribution >= 4 is 0 Å². The van der Waals surface area contributed by atoms with E-state index in [1.54, 1.807) is 0 Å². The largest absolute Gasteiger partial charge is 0.393 e. The molecule has 1 N–H and O–H groups in total. The van der Waals surface area contributed by atoms with E-state index in [1.165, 1.54) is 83.5 Å². The maximum absolute atomic E-state index is 9.85. The number of hydrogen-bond donors (Lipinski definition) is 1. The van der Waals surface area contributed by atoms with E-state index in [-0.39, 0.29) is 6.10 Å². The van der Waals surface area contributed by atoms with Gasteiger partial charge < -0.3 is 5.11 Å². The minimum Gasteiger partial charge on any atom is -0.393 e. The zero-order valence-electron chi connectivity index (χ0n) is 13.6. The molecule has 1 atom stereocenters. The molecule has 0 aliphatic rings. The summed E-state index contributed by atoms with van der Waals surface area (Å²) in [6.07, 6.45) is 19.5. The van der Waals surface area contributed by atoms with Gasteiger partial charge in [-0.3, -0.25) is 0 Å². The van der Waals surface area contributed by atoms with E-state index in [2.05, 4.69) is 13.8 Å². The number of rotatable bonds is 15. The Morgan fingerprint density at radius 1 is 0.684 bits per heavy atom. The number of unbranched alkanes of at least 4 members (excludes halogenated alkanes) is 11. The lowest BCUT2D eigenvalue weighted by atomic mass is 10.0. The second kappa shape index (κ2) is 16.0. The predicted octanol–water partition coefficient (Wildman–Crippen LogP) is 6.24. The highest BCUT2D eigenvalue weighted by molar-refractivity contribution is 4.57. The van der Waals surface area contributed by atoms with Gasteiger partial charge in [-0.2, -0.15) is 0 Å². The average molecular weight is 272 g/mol.